The lowest BCUT2D eigenvalue weighted by Crippen LogP contribution is -2.37. The molecule has 1 atom stereocenters. The Morgan fingerprint density at radius 3 is 2.29 bits per heavy atom. The van der Waals surface area contributed by atoms with Crippen molar-refractivity contribution in [2.75, 3.05) is 13.1 Å². The second-order valence-corrected chi connectivity index (χ2v) is 7.06. The van der Waals surface area contributed by atoms with E-state index in [9.17, 15) is 13.2 Å². The SMILES string of the molecule is CCC(C)c1ccc(C2CCN(C(C)C)CC2)cc1OC(F)(F)F. The van der Waals surface area contributed by atoms with E-state index in [2.05, 4.69) is 23.5 Å². The maximum absolute atomic E-state index is 12.8. The smallest absolute Gasteiger partial charge is 0.405 e. The van der Waals surface area contributed by atoms with E-state index < -0.39 is 6.36 Å². The Kier molecular flexibility index (Phi) is 6.18. The van der Waals surface area contributed by atoms with Crippen molar-refractivity contribution in [3.05, 3.63) is 29.3 Å². The fraction of sp³-hybridized carbons (Fsp3) is 0.684. The van der Waals surface area contributed by atoms with Crippen molar-refractivity contribution >= 4 is 0 Å². The lowest BCUT2D eigenvalue weighted by Gasteiger charge is -2.35. The van der Waals surface area contributed by atoms with Crippen molar-refractivity contribution in [2.45, 2.75) is 71.2 Å². The second-order valence-electron chi connectivity index (χ2n) is 7.06. The summed E-state index contributed by atoms with van der Waals surface area (Å²) in [5.41, 5.74) is 1.60. The monoisotopic (exact) mass is 343 g/mol. The molecule has 0 aliphatic carbocycles. The van der Waals surface area contributed by atoms with Crippen LogP contribution >= 0.6 is 0 Å². The number of nitrogens with zero attached hydrogens (tertiary/aromatic N) is 1. The Morgan fingerprint density at radius 1 is 1.17 bits per heavy atom. The number of halogens is 3. The molecular weight excluding hydrogens is 315 g/mol. The molecular formula is C19H28F3NO. The van der Waals surface area contributed by atoms with Crippen molar-refractivity contribution < 1.29 is 17.9 Å². The molecule has 1 fully saturated rings. The third-order valence-corrected chi connectivity index (χ3v) is 5.14. The Labute approximate surface area is 143 Å². The van der Waals surface area contributed by atoms with Gasteiger partial charge in [-0.25, -0.2) is 0 Å². The van der Waals surface area contributed by atoms with Gasteiger partial charge in [-0.3, -0.25) is 0 Å². The number of alkyl halides is 3. The highest BCUT2D eigenvalue weighted by Crippen LogP contribution is 2.37. The molecule has 1 aromatic carbocycles. The summed E-state index contributed by atoms with van der Waals surface area (Å²) >= 11 is 0. The van der Waals surface area contributed by atoms with Gasteiger partial charge in [0.1, 0.15) is 5.75 Å². The topological polar surface area (TPSA) is 12.5 Å². The van der Waals surface area contributed by atoms with Gasteiger partial charge in [-0.1, -0.05) is 26.0 Å². The molecule has 1 aliphatic rings. The molecule has 0 aromatic heterocycles. The highest BCUT2D eigenvalue weighted by atomic mass is 19.4. The van der Waals surface area contributed by atoms with Crippen LogP contribution in [0.4, 0.5) is 13.2 Å². The van der Waals surface area contributed by atoms with E-state index in [1.165, 1.54) is 0 Å². The molecule has 1 unspecified atom stereocenters. The van der Waals surface area contributed by atoms with Crippen LogP contribution in [0.25, 0.3) is 0 Å². The third kappa shape index (κ3) is 4.88. The van der Waals surface area contributed by atoms with Crippen molar-refractivity contribution in [1.82, 2.24) is 4.90 Å². The molecule has 1 aromatic rings. The molecule has 2 rings (SSSR count). The van der Waals surface area contributed by atoms with E-state index in [4.69, 9.17) is 0 Å². The summed E-state index contributed by atoms with van der Waals surface area (Å²) < 4.78 is 42.7. The number of hydrogen-bond acceptors (Lipinski definition) is 2. The van der Waals surface area contributed by atoms with Gasteiger partial charge in [0.05, 0.1) is 0 Å². The fourth-order valence-corrected chi connectivity index (χ4v) is 3.39. The van der Waals surface area contributed by atoms with Crippen molar-refractivity contribution in [1.29, 1.82) is 0 Å². The highest BCUT2D eigenvalue weighted by molar-refractivity contribution is 5.41. The average Bonchev–Trinajstić information content (AvgIpc) is 2.52. The zero-order valence-corrected chi connectivity index (χ0v) is 15.0. The van der Waals surface area contributed by atoms with Gasteiger partial charge in [0.25, 0.3) is 0 Å². The Morgan fingerprint density at radius 2 is 1.79 bits per heavy atom. The third-order valence-electron chi connectivity index (χ3n) is 5.14. The van der Waals surface area contributed by atoms with Gasteiger partial charge in [0, 0.05) is 6.04 Å². The molecule has 1 aliphatic heterocycles. The van der Waals surface area contributed by atoms with Gasteiger partial charge in [-0.2, -0.15) is 0 Å². The first-order valence-electron chi connectivity index (χ1n) is 8.85. The normalized spacial score (nSPS) is 18.8. The summed E-state index contributed by atoms with van der Waals surface area (Å²) in [5.74, 6) is 0.321. The lowest BCUT2D eigenvalue weighted by atomic mass is 9.87. The summed E-state index contributed by atoms with van der Waals surface area (Å²) in [6.45, 7) is 10.2. The maximum Gasteiger partial charge on any atom is 0.573 e. The van der Waals surface area contributed by atoms with Crippen LogP contribution in [-0.2, 0) is 0 Å². The number of rotatable bonds is 5. The zero-order chi connectivity index (χ0) is 17.9. The van der Waals surface area contributed by atoms with Gasteiger partial charge >= 0.3 is 6.36 Å². The Bertz CT molecular complexity index is 534. The number of ether oxygens (including phenoxy) is 1. The molecule has 0 spiro atoms. The number of benzene rings is 1. The quantitative estimate of drug-likeness (QED) is 0.681. The molecule has 136 valence electrons. The van der Waals surface area contributed by atoms with Crippen LogP contribution in [0.5, 0.6) is 5.75 Å². The Hall–Kier alpha value is -1.23. The van der Waals surface area contributed by atoms with E-state index in [1.807, 2.05) is 26.0 Å². The van der Waals surface area contributed by atoms with Gasteiger partial charge in [0.15, 0.2) is 0 Å². The van der Waals surface area contributed by atoms with Crippen LogP contribution in [0.1, 0.15) is 69.9 Å². The molecule has 0 saturated carbocycles. The van der Waals surface area contributed by atoms with E-state index in [-0.39, 0.29) is 11.7 Å². The molecule has 1 heterocycles. The first kappa shape index (κ1) is 19.1. The number of hydrogen-bond donors (Lipinski definition) is 0. The standard InChI is InChI=1S/C19H28F3NO/c1-5-14(4)17-7-6-16(12-18(17)24-19(20,21)22)15-8-10-23(11-9-15)13(2)3/h6-7,12-15H,5,8-11H2,1-4H3. The van der Waals surface area contributed by atoms with Crippen LogP contribution in [0, 0.1) is 0 Å². The van der Waals surface area contributed by atoms with E-state index in [0.29, 0.717) is 17.5 Å². The molecule has 0 amide bonds. The minimum absolute atomic E-state index is 0.0272. The van der Waals surface area contributed by atoms with Crippen molar-refractivity contribution in [2.24, 2.45) is 0 Å². The second kappa shape index (κ2) is 7.77. The van der Waals surface area contributed by atoms with Gasteiger partial charge in [0.2, 0.25) is 0 Å². The van der Waals surface area contributed by atoms with Gasteiger partial charge < -0.3 is 9.64 Å². The first-order valence-corrected chi connectivity index (χ1v) is 8.85. The van der Waals surface area contributed by atoms with E-state index >= 15 is 0 Å². The van der Waals surface area contributed by atoms with Crippen LogP contribution in [-0.4, -0.2) is 30.4 Å². The molecule has 2 nitrogen and oxygen atoms in total. The molecule has 0 radical (unpaired) electrons. The van der Waals surface area contributed by atoms with Crippen LogP contribution < -0.4 is 4.74 Å². The summed E-state index contributed by atoms with van der Waals surface area (Å²) in [4.78, 5) is 2.41. The van der Waals surface area contributed by atoms with Crippen LogP contribution in [0.3, 0.4) is 0 Å². The van der Waals surface area contributed by atoms with Crippen molar-refractivity contribution in [3.63, 3.8) is 0 Å². The predicted octanol–water partition coefficient (Wildman–Crippen LogP) is 5.69. The maximum atomic E-state index is 12.8. The van der Waals surface area contributed by atoms with Gasteiger partial charge in [-0.05, 0) is 75.2 Å². The summed E-state index contributed by atoms with van der Waals surface area (Å²) in [6.07, 6.45) is -1.92. The summed E-state index contributed by atoms with van der Waals surface area (Å²) in [5, 5.41) is 0. The fourth-order valence-electron chi connectivity index (χ4n) is 3.39. The van der Waals surface area contributed by atoms with E-state index in [1.54, 1.807) is 6.07 Å². The first-order chi connectivity index (χ1) is 11.2. The van der Waals surface area contributed by atoms with Crippen LogP contribution in [0.2, 0.25) is 0 Å². The molecule has 24 heavy (non-hydrogen) atoms. The van der Waals surface area contributed by atoms with Crippen LogP contribution in [0.15, 0.2) is 18.2 Å². The van der Waals surface area contributed by atoms with Gasteiger partial charge in [-0.15, -0.1) is 13.2 Å². The largest absolute Gasteiger partial charge is 0.573 e. The lowest BCUT2D eigenvalue weighted by molar-refractivity contribution is -0.275. The summed E-state index contributed by atoms with van der Waals surface area (Å²) in [6, 6.07) is 5.94. The predicted molar refractivity (Wildman–Crippen MR) is 90.5 cm³/mol. The Balaban J connectivity index is 2.21. The molecule has 0 N–H and O–H groups in total. The van der Waals surface area contributed by atoms with E-state index in [0.717, 1.165) is 37.9 Å². The highest BCUT2D eigenvalue weighted by Gasteiger charge is 2.33. The molecule has 1 saturated heterocycles. The molecule has 0 bridgehead atoms. The minimum atomic E-state index is -4.65. The van der Waals surface area contributed by atoms with Crippen molar-refractivity contribution in [3.8, 4) is 5.75 Å². The minimum Gasteiger partial charge on any atom is -0.405 e. The molecule has 5 heteroatoms. The summed E-state index contributed by atoms with van der Waals surface area (Å²) in [7, 11) is 0. The number of likely N-dealkylation sites (tertiary alicyclic amines) is 1. The average molecular weight is 343 g/mol. The zero-order valence-electron chi connectivity index (χ0n) is 15.0. The number of piperidine rings is 1.